The first-order valence-electron chi connectivity index (χ1n) is 8.75. The second-order valence-electron chi connectivity index (χ2n) is 6.23. The van der Waals surface area contributed by atoms with E-state index in [2.05, 4.69) is 32.6 Å². The molecule has 3 aromatic rings. The molecule has 0 aliphatic rings. The third-order valence-corrected chi connectivity index (χ3v) is 4.89. The Morgan fingerprint density at radius 1 is 1.19 bits per heavy atom. The zero-order valence-corrected chi connectivity index (χ0v) is 15.8. The maximum absolute atomic E-state index is 13.8. The zero-order valence-electron chi connectivity index (χ0n) is 15.0. The molecule has 1 heterocycles. The van der Waals surface area contributed by atoms with E-state index < -0.39 is 0 Å². The number of amides is 1. The fraction of sp³-hybridized carbons (Fsp3) is 0.250. The third kappa shape index (κ3) is 5.65. The van der Waals surface area contributed by atoms with Crippen molar-refractivity contribution >= 4 is 17.7 Å². The summed E-state index contributed by atoms with van der Waals surface area (Å²) in [5.41, 5.74) is 1.62. The van der Waals surface area contributed by atoms with Crippen LogP contribution in [0.4, 0.5) is 4.39 Å². The molecule has 0 saturated heterocycles. The van der Waals surface area contributed by atoms with Crippen molar-refractivity contribution < 1.29 is 9.18 Å². The zero-order chi connectivity index (χ0) is 19.1. The summed E-state index contributed by atoms with van der Waals surface area (Å²) in [6, 6.07) is 16.6. The summed E-state index contributed by atoms with van der Waals surface area (Å²) in [5, 5.41) is 10.2. The molecule has 0 fully saturated rings. The van der Waals surface area contributed by atoms with Gasteiger partial charge in [0, 0.05) is 6.04 Å². The highest BCUT2D eigenvalue weighted by atomic mass is 32.2. The lowest BCUT2D eigenvalue weighted by Gasteiger charge is -2.13. The van der Waals surface area contributed by atoms with Crippen molar-refractivity contribution in [2.24, 2.45) is 0 Å². The highest BCUT2D eigenvalue weighted by molar-refractivity contribution is 7.99. The molecule has 1 aromatic heterocycles. The van der Waals surface area contributed by atoms with Gasteiger partial charge in [-0.25, -0.2) is 9.37 Å². The molecule has 5 nitrogen and oxygen atoms in total. The number of nitrogens with one attached hydrogen (secondary N) is 2. The molecule has 0 saturated carbocycles. The number of thioether (sulfide) groups is 1. The molecule has 2 aromatic carbocycles. The number of carbonyl (C=O) groups excluding carboxylic acids is 1. The van der Waals surface area contributed by atoms with Crippen LogP contribution in [0.2, 0.25) is 0 Å². The number of hydrogen-bond donors (Lipinski definition) is 2. The van der Waals surface area contributed by atoms with E-state index >= 15 is 0 Å². The quantitative estimate of drug-likeness (QED) is 0.579. The van der Waals surface area contributed by atoms with E-state index in [0.717, 1.165) is 12.8 Å². The lowest BCUT2D eigenvalue weighted by atomic mass is 10.1. The Labute approximate surface area is 161 Å². The number of nitrogens with zero attached hydrogens (tertiary/aromatic N) is 2. The van der Waals surface area contributed by atoms with Gasteiger partial charge in [0.1, 0.15) is 5.82 Å². The van der Waals surface area contributed by atoms with E-state index in [-0.39, 0.29) is 23.5 Å². The molecule has 0 spiro atoms. The normalized spacial score (nSPS) is 11.9. The monoisotopic (exact) mass is 384 g/mol. The summed E-state index contributed by atoms with van der Waals surface area (Å²) in [6.45, 7) is 1.99. The number of aromatic nitrogens is 3. The molecule has 2 N–H and O–H groups in total. The Morgan fingerprint density at radius 3 is 2.70 bits per heavy atom. The summed E-state index contributed by atoms with van der Waals surface area (Å²) in [5.74, 6) is 0.129. The highest BCUT2D eigenvalue weighted by Gasteiger charge is 2.13. The van der Waals surface area contributed by atoms with Crippen molar-refractivity contribution in [1.82, 2.24) is 20.5 Å². The van der Waals surface area contributed by atoms with Crippen molar-refractivity contribution in [2.45, 2.75) is 31.0 Å². The predicted octanol–water partition coefficient (Wildman–Crippen LogP) is 3.84. The summed E-state index contributed by atoms with van der Waals surface area (Å²) < 4.78 is 13.8. The molecule has 0 aliphatic carbocycles. The number of aryl methyl sites for hydroxylation is 1. The smallest absolute Gasteiger partial charge is 0.230 e. The van der Waals surface area contributed by atoms with Gasteiger partial charge in [0.05, 0.1) is 11.3 Å². The number of aromatic amines is 1. The number of benzene rings is 2. The molecule has 0 aliphatic heterocycles. The second-order valence-corrected chi connectivity index (χ2v) is 7.17. The van der Waals surface area contributed by atoms with E-state index in [1.165, 1.54) is 23.4 Å². The van der Waals surface area contributed by atoms with Crippen LogP contribution in [0.1, 0.15) is 18.9 Å². The Kier molecular flexibility index (Phi) is 6.59. The summed E-state index contributed by atoms with van der Waals surface area (Å²) in [4.78, 5) is 16.4. The van der Waals surface area contributed by atoms with Crippen molar-refractivity contribution in [3.8, 4) is 11.4 Å². The lowest BCUT2D eigenvalue weighted by Crippen LogP contribution is -2.34. The fourth-order valence-electron chi connectivity index (χ4n) is 2.63. The first-order valence-corrected chi connectivity index (χ1v) is 9.74. The average Bonchev–Trinajstić information content (AvgIpc) is 3.15. The molecule has 7 heteroatoms. The summed E-state index contributed by atoms with van der Waals surface area (Å²) >= 11 is 1.22. The lowest BCUT2D eigenvalue weighted by molar-refractivity contribution is -0.119. The molecule has 1 atom stereocenters. The molecule has 27 heavy (non-hydrogen) atoms. The van der Waals surface area contributed by atoms with Crippen LogP contribution in [0.15, 0.2) is 59.8 Å². The van der Waals surface area contributed by atoms with Gasteiger partial charge in [0.25, 0.3) is 0 Å². The van der Waals surface area contributed by atoms with Crippen LogP contribution in [-0.4, -0.2) is 32.9 Å². The van der Waals surface area contributed by atoms with Crippen molar-refractivity contribution in [1.29, 1.82) is 0 Å². The average molecular weight is 384 g/mol. The molecule has 3 rings (SSSR count). The van der Waals surface area contributed by atoms with Crippen LogP contribution >= 0.6 is 11.8 Å². The summed E-state index contributed by atoms with van der Waals surface area (Å²) in [7, 11) is 0. The van der Waals surface area contributed by atoms with Gasteiger partial charge in [-0.05, 0) is 37.5 Å². The van der Waals surface area contributed by atoms with Gasteiger partial charge in [-0.1, -0.05) is 54.2 Å². The van der Waals surface area contributed by atoms with E-state index in [0.29, 0.717) is 16.5 Å². The molecule has 1 amide bonds. The maximum atomic E-state index is 13.8. The molecular weight excluding hydrogens is 363 g/mol. The van der Waals surface area contributed by atoms with Crippen molar-refractivity contribution in [3.63, 3.8) is 0 Å². The van der Waals surface area contributed by atoms with Gasteiger partial charge in [-0.3, -0.25) is 9.89 Å². The largest absolute Gasteiger partial charge is 0.353 e. The number of H-pyrrole nitrogens is 1. The summed E-state index contributed by atoms with van der Waals surface area (Å²) in [6.07, 6.45) is 1.79. The van der Waals surface area contributed by atoms with E-state index in [4.69, 9.17) is 0 Å². The molecular formula is C20H21FN4OS. The standard InChI is InChI=1S/C20H21FN4OS/c1-14(11-12-15-7-3-2-4-8-15)22-18(26)13-27-20-23-19(24-25-20)16-9-5-6-10-17(16)21/h2-10,14H,11-13H2,1H3,(H,22,26)(H,23,24,25)/t14-/m1/s1. The van der Waals surface area contributed by atoms with Crippen LogP contribution in [-0.2, 0) is 11.2 Å². The first-order chi connectivity index (χ1) is 13.1. The van der Waals surface area contributed by atoms with Gasteiger partial charge < -0.3 is 5.32 Å². The first kappa shape index (κ1) is 19.1. The molecule has 0 bridgehead atoms. The minimum absolute atomic E-state index is 0.0715. The van der Waals surface area contributed by atoms with E-state index in [9.17, 15) is 9.18 Å². The molecule has 140 valence electrons. The number of rotatable bonds is 8. The molecule has 0 radical (unpaired) electrons. The van der Waals surface area contributed by atoms with Gasteiger partial charge in [0.15, 0.2) is 5.82 Å². The van der Waals surface area contributed by atoms with Gasteiger partial charge in [-0.2, -0.15) is 0 Å². The van der Waals surface area contributed by atoms with E-state index in [1.54, 1.807) is 18.2 Å². The van der Waals surface area contributed by atoms with Crippen LogP contribution in [0, 0.1) is 5.82 Å². The predicted molar refractivity (Wildman–Crippen MR) is 105 cm³/mol. The number of hydrogen-bond acceptors (Lipinski definition) is 4. The topological polar surface area (TPSA) is 70.7 Å². The van der Waals surface area contributed by atoms with Crippen LogP contribution in [0.3, 0.4) is 0 Å². The highest BCUT2D eigenvalue weighted by Crippen LogP contribution is 2.21. The minimum atomic E-state index is -0.366. The van der Waals surface area contributed by atoms with Crippen LogP contribution in [0.5, 0.6) is 0 Å². The second kappa shape index (κ2) is 9.32. The van der Waals surface area contributed by atoms with E-state index in [1.807, 2.05) is 25.1 Å². The third-order valence-electron chi connectivity index (χ3n) is 4.04. The van der Waals surface area contributed by atoms with Crippen LogP contribution in [0.25, 0.3) is 11.4 Å². The molecule has 0 unspecified atom stereocenters. The van der Waals surface area contributed by atoms with Gasteiger partial charge >= 0.3 is 0 Å². The Hall–Kier alpha value is -2.67. The van der Waals surface area contributed by atoms with Gasteiger partial charge in [-0.15, -0.1) is 5.10 Å². The van der Waals surface area contributed by atoms with Crippen molar-refractivity contribution in [2.75, 3.05) is 5.75 Å². The minimum Gasteiger partial charge on any atom is -0.353 e. The number of halogens is 1. The van der Waals surface area contributed by atoms with Crippen molar-refractivity contribution in [3.05, 3.63) is 66.0 Å². The SMILES string of the molecule is C[C@H](CCc1ccccc1)NC(=O)CSc1n[nH]c(-c2ccccc2F)n1. The number of carbonyl (C=O) groups is 1. The Morgan fingerprint density at radius 2 is 1.93 bits per heavy atom. The van der Waals surface area contributed by atoms with Crippen LogP contribution < -0.4 is 5.32 Å². The Balaban J connectivity index is 1.45. The maximum Gasteiger partial charge on any atom is 0.230 e. The fourth-order valence-corrected chi connectivity index (χ4v) is 3.24. The van der Waals surface area contributed by atoms with Gasteiger partial charge in [0.2, 0.25) is 11.1 Å². The Bertz CT molecular complexity index is 884.